The summed E-state index contributed by atoms with van der Waals surface area (Å²) >= 11 is 11.8. The van der Waals surface area contributed by atoms with E-state index >= 15 is 0 Å². The number of rotatable bonds is 3. The zero-order valence-electron chi connectivity index (χ0n) is 10.9. The van der Waals surface area contributed by atoms with Crippen LogP contribution in [0.5, 0.6) is 0 Å². The molecule has 0 amide bonds. The summed E-state index contributed by atoms with van der Waals surface area (Å²) in [6.07, 6.45) is 0.702. The predicted molar refractivity (Wildman–Crippen MR) is 86.5 cm³/mol. The molecule has 0 unspecified atom stereocenters. The van der Waals surface area contributed by atoms with Crippen LogP contribution in [0.1, 0.15) is 5.56 Å². The van der Waals surface area contributed by atoms with E-state index in [-0.39, 0.29) is 0 Å². The van der Waals surface area contributed by atoms with Crippen molar-refractivity contribution >= 4 is 44.8 Å². The SMILES string of the molecule is O=S(=O)(Nc1cc(Cl)cc(Cl)c1)N1CCc2ccccc21. The van der Waals surface area contributed by atoms with Crippen LogP contribution in [0.25, 0.3) is 0 Å². The van der Waals surface area contributed by atoms with Crippen LogP contribution in [-0.2, 0) is 16.6 Å². The van der Waals surface area contributed by atoms with E-state index in [1.165, 1.54) is 16.4 Å². The first kappa shape index (κ1) is 14.5. The quantitative estimate of drug-likeness (QED) is 0.924. The van der Waals surface area contributed by atoms with Gasteiger partial charge in [-0.1, -0.05) is 41.4 Å². The largest absolute Gasteiger partial charge is 0.323 e. The van der Waals surface area contributed by atoms with E-state index in [1.54, 1.807) is 12.1 Å². The summed E-state index contributed by atoms with van der Waals surface area (Å²) in [5.74, 6) is 0. The summed E-state index contributed by atoms with van der Waals surface area (Å²) in [4.78, 5) is 0. The molecule has 3 rings (SSSR count). The summed E-state index contributed by atoms with van der Waals surface area (Å²) in [5, 5.41) is 0.754. The van der Waals surface area contributed by atoms with E-state index in [1.807, 2.05) is 18.2 Å². The molecule has 0 saturated carbocycles. The normalized spacial score (nSPS) is 14.1. The van der Waals surface area contributed by atoms with Gasteiger partial charge in [-0.2, -0.15) is 8.42 Å². The van der Waals surface area contributed by atoms with Crippen molar-refractivity contribution in [3.05, 3.63) is 58.1 Å². The van der Waals surface area contributed by atoms with Gasteiger partial charge in [-0.05, 0) is 36.2 Å². The maximum absolute atomic E-state index is 12.5. The highest BCUT2D eigenvalue weighted by Crippen LogP contribution is 2.31. The van der Waals surface area contributed by atoms with Gasteiger partial charge in [0.1, 0.15) is 0 Å². The lowest BCUT2D eigenvalue weighted by Crippen LogP contribution is -2.34. The highest BCUT2D eigenvalue weighted by molar-refractivity contribution is 7.94. The zero-order valence-corrected chi connectivity index (χ0v) is 13.2. The van der Waals surface area contributed by atoms with Gasteiger partial charge in [-0.15, -0.1) is 0 Å². The van der Waals surface area contributed by atoms with Crippen LogP contribution in [0.2, 0.25) is 10.0 Å². The van der Waals surface area contributed by atoms with E-state index in [2.05, 4.69) is 4.72 Å². The molecular weight excluding hydrogens is 331 g/mol. The number of hydrogen-bond donors (Lipinski definition) is 1. The Labute approximate surface area is 133 Å². The molecule has 0 atom stereocenters. The van der Waals surface area contributed by atoms with Gasteiger partial charge in [-0.3, -0.25) is 9.03 Å². The molecule has 21 heavy (non-hydrogen) atoms. The van der Waals surface area contributed by atoms with Crippen molar-refractivity contribution in [3.8, 4) is 0 Å². The summed E-state index contributed by atoms with van der Waals surface area (Å²) in [7, 11) is -3.69. The molecule has 1 aliphatic rings. The summed E-state index contributed by atoms with van der Waals surface area (Å²) < 4.78 is 28.9. The second-order valence-corrected chi connectivity index (χ2v) is 7.18. The molecule has 0 aliphatic carbocycles. The van der Waals surface area contributed by atoms with Crippen LogP contribution in [0.4, 0.5) is 11.4 Å². The first-order valence-corrected chi connectivity index (χ1v) is 8.50. The number of halogens is 2. The molecule has 0 radical (unpaired) electrons. The van der Waals surface area contributed by atoms with Crippen LogP contribution >= 0.6 is 23.2 Å². The van der Waals surface area contributed by atoms with Crippen LogP contribution in [0, 0.1) is 0 Å². The molecule has 0 aromatic heterocycles. The van der Waals surface area contributed by atoms with Crippen LogP contribution < -0.4 is 9.03 Å². The van der Waals surface area contributed by atoms with Gasteiger partial charge in [0.2, 0.25) is 0 Å². The predicted octanol–water partition coefficient (Wildman–Crippen LogP) is 3.71. The Hall–Kier alpha value is -1.43. The highest BCUT2D eigenvalue weighted by atomic mass is 35.5. The third kappa shape index (κ3) is 2.95. The molecule has 0 fully saturated rings. The Balaban J connectivity index is 1.92. The van der Waals surface area contributed by atoms with Gasteiger partial charge in [0.25, 0.3) is 0 Å². The number of fused-ring (bicyclic) bond motifs is 1. The molecule has 2 aromatic carbocycles. The minimum Gasteiger partial charge on any atom is -0.266 e. The fourth-order valence-corrected chi connectivity index (χ4v) is 4.20. The van der Waals surface area contributed by atoms with Crippen LogP contribution in [0.15, 0.2) is 42.5 Å². The van der Waals surface area contributed by atoms with Crippen molar-refractivity contribution in [3.63, 3.8) is 0 Å². The molecular formula is C14H12Cl2N2O2S. The fraction of sp³-hybridized carbons (Fsp3) is 0.143. The molecule has 0 bridgehead atoms. The van der Waals surface area contributed by atoms with Crippen molar-refractivity contribution in [2.75, 3.05) is 15.6 Å². The Kier molecular flexibility index (Phi) is 3.73. The Morgan fingerprint density at radius 3 is 2.43 bits per heavy atom. The minimum atomic E-state index is -3.69. The number of para-hydroxylation sites is 1. The van der Waals surface area contributed by atoms with Crippen molar-refractivity contribution in [1.29, 1.82) is 0 Å². The monoisotopic (exact) mass is 342 g/mol. The third-order valence-electron chi connectivity index (χ3n) is 3.24. The van der Waals surface area contributed by atoms with Gasteiger partial charge >= 0.3 is 10.2 Å². The van der Waals surface area contributed by atoms with Crippen molar-refractivity contribution < 1.29 is 8.42 Å². The standard InChI is InChI=1S/C14H12Cl2N2O2S/c15-11-7-12(16)9-13(8-11)17-21(19,20)18-6-5-10-3-1-2-4-14(10)18/h1-4,7-9,17H,5-6H2. The number of hydrogen-bond acceptors (Lipinski definition) is 2. The topological polar surface area (TPSA) is 49.4 Å². The lowest BCUT2D eigenvalue weighted by molar-refractivity contribution is 0.597. The van der Waals surface area contributed by atoms with E-state index in [0.29, 0.717) is 34.4 Å². The number of nitrogens with zero attached hydrogens (tertiary/aromatic N) is 1. The first-order valence-electron chi connectivity index (χ1n) is 6.30. The second kappa shape index (κ2) is 5.40. The van der Waals surface area contributed by atoms with Crippen molar-refractivity contribution in [1.82, 2.24) is 0 Å². The third-order valence-corrected chi connectivity index (χ3v) is 5.13. The van der Waals surface area contributed by atoms with E-state index in [9.17, 15) is 8.42 Å². The first-order chi connectivity index (χ1) is 9.95. The summed E-state index contributed by atoms with van der Waals surface area (Å²) in [6, 6.07) is 12.0. The van der Waals surface area contributed by atoms with Gasteiger partial charge < -0.3 is 0 Å². The Morgan fingerprint density at radius 1 is 1.05 bits per heavy atom. The molecule has 4 nitrogen and oxygen atoms in total. The number of nitrogens with one attached hydrogen (secondary N) is 1. The average Bonchev–Trinajstić information content (AvgIpc) is 2.81. The molecule has 1 aliphatic heterocycles. The zero-order chi connectivity index (χ0) is 15.0. The van der Waals surface area contributed by atoms with Crippen LogP contribution in [-0.4, -0.2) is 15.0 Å². The van der Waals surface area contributed by atoms with Gasteiger partial charge in [-0.25, -0.2) is 0 Å². The Bertz CT molecular complexity index is 773. The molecule has 1 heterocycles. The smallest absolute Gasteiger partial charge is 0.266 e. The average molecular weight is 343 g/mol. The Morgan fingerprint density at radius 2 is 1.71 bits per heavy atom. The molecule has 1 N–H and O–H groups in total. The van der Waals surface area contributed by atoms with Crippen molar-refractivity contribution in [2.24, 2.45) is 0 Å². The van der Waals surface area contributed by atoms with E-state index in [4.69, 9.17) is 23.2 Å². The molecule has 2 aromatic rings. The van der Waals surface area contributed by atoms with Gasteiger partial charge in [0, 0.05) is 16.6 Å². The van der Waals surface area contributed by atoms with E-state index in [0.717, 1.165) is 5.56 Å². The number of benzene rings is 2. The van der Waals surface area contributed by atoms with E-state index < -0.39 is 10.2 Å². The maximum atomic E-state index is 12.5. The maximum Gasteiger partial charge on any atom is 0.323 e. The van der Waals surface area contributed by atoms with Gasteiger partial charge in [0.05, 0.1) is 11.4 Å². The van der Waals surface area contributed by atoms with Gasteiger partial charge in [0.15, 0.2) is 0 Å². The molecule has 110 valence electrons. The fourth-order valence-electron chi connectivity index (χ4n) is 2.37. The summed E-state index contributed by atoms with van der Waals surface area (Å²) in [5.41, 5.74) is 2.07. The molecule has 0 spiro atoms. The highest BCUT2D eigenvalue weighted by Gasteiger charge is 2.29. The molecule has 7 heteroatoms. The van der Waals surface area contributed by atoms with Crippen LogP contribution in [0.3, 0.4) is 0 Å². The lowest BCUT2D eigenvalue weighted by atomic mass is 10.2. The molecule has 0 saturated heterocycles. The van der Waals surface area contributed by atoms with Crippen molar-refractivity contribution in [2.45, 2.75) is 6.42 Å². The minimum absolute atomic E-state index is 0.344. The second-order valence-electron chi connectivity index (χ2n) is 4.72. The summed E-state index contributed by atoms with van der Waals surface area (Å²) in [6.45, 7) is 0.420. The number of anilines is 2. The lowest BCUT2D eigenvalue weighted by Gasteiger charge is -2.20.